The first-order valence-corrected chi connectivity index (χ1v) is 8.41. The van der Waals surface area contributed by atoms with Crippen LogP contribution in [-0.2, 0) is 9.59 Å². The number of unbranched alkanes of at least 4 members (excludes halogenated alkanes) is 3. The summed E-state index contributed by atoms with van der Waals surface area (Å²) >= 11 is 0. The third kappa shape index (κ3) is 9.61. The summed E-state index contributed by atoms with van der Waals surface area (Å²) in [5.41, 5.74) is 0.653. The van der Waals surface area contributed by atoms with Crippen molar-refractivity contribution in [2.24, 2.45) is 0 Å². The second-order valence-electron chi connectivity index (χ2n) is 5.63. The Bertz CT molecular complexity index is 517. The zero-order valence-electron chi connectivity index (χ0n) is 13.9. The van der Waals surface area contributed by atoms with E-state index in [1.165, 1.54) is 0 Å². The molecule has 0 aliphatic heterocycles. The number of aliphatic carboxylic acids is 1. The molecule has 0 heterocycles. The molecule has 0 saturated heterocycles. The van der Waals surface area contributed by atoms with E-state index in [-0.39, 0.29) is 18.2 Å². The summed E-state index contributed by atoms with van der Waals surface area (Å²) < 4.78 is 0. The van der Waals surface area contributed by atoms with Gasteiger partial charge < -0.3 is 15.7 Å². The topological polar surface area (TPSA) is 95.5 Å². The van der Waals surface area contributed by atoms with Crippen LogP contribution < -0.4 is 10.6 Å². The Morgan fingerprint density at radius 3 is 2.12 bits per heavy atom. The van der Waals surface area contributed by atoms with Gasteiger partial charge in [0.2, 0.25) is 5.91 Å². The fourth-order valence-electron chi connectivity index (χ4n) is 2.20. The number of benzene rings is 1. The largest absolute Gasteiger partial charge is 0.481 e. The first-order valence-electron chi connectivity index (χ1n) is 8.41. The lowest BCUT2D eigenvalue weighted by atomic mass is 10.1. The predicted molar refractivity (Wildman–Crippen MR) is 91.7 cm³/mol. The van der Waals surface area contributed by atoms with Crippen molar-refractivity contribution in [1.82, 2.24) is 10.6 Å². The monoisotopic (exact) mass is 334 g/mol. The van der Waals surface area contributed by atoms with Gasteiger partial charge in [-0.25, -0.2) is 0 Å². The quantitative estimate of drug-likeness (QED) is 0.511. The van der Waals surface area contributed by atoms with Crippen LogP contribution in [0.15, 0.2) is 30.3 Å². The van der Waals surface area contributed by atoms with Crippen LogP contribution >= 0.6 is 0 Å². The van der Waals surface area contributed by atoms with Gasteiger partial charge in [-0.3, -0.25) is 14.4 Å². The van der Waals surface area contributed by atoms with Crippen LogP contribution in [0.3, 0.4) is 0 Å². The maximum Gasteiger partial charge on any atom is 0.303 e. The molecule has 1 rings (SSSR count). The number of carbonyl (C=O) groups excluding carboxylic acids is 2. The number of hydrogen-bond donors (Lipinski definition) is 3. The van der Waals surface area contributed by atoms with E-state index in [1.807, 2.05) is 18.2 Å². The number of hydrogen-bond acceptors (Lipinski definition) is 3. The molecular weight excluding hydrogens is 308 g/mol. The molecule has 0 radical (unpaired) electrons. The summed E-state index contributed by atoms with van der Waals surface area (Å²) in [7, 11) is 0. The van der Waals surface area contributed by atoms with E-state index in [0.29, 0.717) is 37.9 Å². The van der Waals surface area contributed by atoms with Gasteiger partial charge in [-0.2, -0.15) is 0 Å². The molecule has 24 heavy (non-hydrogen) atoms. The van der Waals surface area contributed by atoms with Gasteiger partial charge in [0.15, 0.2) is 0 Å². The standard InChI is InChI=1S/C18H26N2O4/c21-16(19-13-8-6-12-17(22)23)11-5-2-7-14-20-18(24)15-9-3-1-4-10-15/h1,3-4,9-10H,2,5-8,11-14H2,(H,19,21)(H,20,24)(H,22,23). The van der Waals surface area contributed by atoms with Crippen molar-refractivity contribution < 1.29 is 19.5 Å². The molecule has 132 valence electrons. The molecule has 2 amide bonds. The molecule has 0 bridgehead atoms. The molecule has 0 unspecified atom stereocenters. The first kappa shape index (κ1) is 19.7. The summed E-state index contributed by atoms with van der Waals surface area (Å²) in [6, 6.07) is 9.07. The van der Waals surface area contributed by atoms with Gasteiger partial charge in [0.05, 0.1) is 0 Å². The van der Waals surface area contributed by atoms with Gasteiger partial charge in [-0.1, -0.05) is 24.6 Å². The summed E-state index contributed by atoms with van der Waals surface area (Å²) in [5.74, 6) is -0.881. The molecule has 1 aromatic carbocycles. The highest BCUT2D eigenvalue weighted by molar-refractivity contribution is 5.94. The van der Waals surface area contributed by atoms with E-state index in [0.717, 1.165) is 19.3 Å². The van der Waals surface area contributed by atoms with Gasteiger partial charge in [0.25, 0.3) is 5.91 Å². The Labute approximate surface area is 142 Å². The van der Waals surface area contributed by atoms with E-state index in [2.05, 4.69) is 10.6 Å². The molecule has 0 aliphatic carbocycles. The average Bonchev–Trinajstić information content (AvgIpc) is 2.58. The Morgan fingerprint density at radius 1 is 0.792 bits per heavy atom. The Morgan fingerprint density at radius 2 is 1.42 bits per heavy atom. The number of nitrogens with one attached hydrogen (secondary N) is 2. The SMILES string of the molecule is O=C(O)CCCCNC(=O)CCCCCNC(=O)c1ccccc1. The van der Waals surface area contributed by atoms with Crippen LogP contribution in [0.5, 0.6) is 0 Å². The molecule has 0 saturated carbocycles. The molecule has 1 aromatic rings. The van der Waals surface area contributed by atoms with E-state index in [9.17, 15) is 14.4 Å². The van der Waals surface area contributed by atoms with Gasteiger partial charge in [-0.15, -0.1) is 0 Å². The van der Waals surface area contributed by atoms with E-state index < -0.39 is 5.97 Å². The minimum atomic E-state index is -0.805. The van der Waals surface area contributed by atoms with E-state index in [1.54, 1.807) is 12.1 Å². The number of carboxylic acids is 1. The molecular formula is C18H26N2O4. The summed E-state index contributed by atoms with van der Waals surface area (Å²) in [6.45, 7) is 1.13. The zero-order chi connectivity index (χ0) is 17.6. The lowest BCUT2D eigenvalue weighted by Crippen LogP contribution is -2.25. The van der Waals surface area contributed by atoms with Crippen molar-refractivity contribution in [3.8, 4) is 0 Å². The molecule has 0 aliphatic rings. The maximum atomic E-state index is 11.8. The lowest BCUT2D eigenvalue weighted by Gasteiger charge is -2.06. The van der Waals surface area contributed by atoms with Gasteiger partial charge >= 0.3 is 5.97 Å². The van der Waals surface area contributed by atoms with Crippen molar-refractivity contribution in [3.05, 3.63) is 35.9 Å². The van der Waals surface area contributed by atoms with Gasteiger partial charge in [-0.05, 0) is 37.8 Å². The predicted octanol–water partition coefficient (Wildman–Crippen LogP) is 2.35. The fraction of sp³-hybridized carbons (Fsp3) is 0.500. The Kier molecular flexibility index (Phi) is 9.92. The zero-order valence-corrected chi connectivity index (χ0v) is 13.9. The second kappa shape index (κ2) is 12.1. The second-order valence-corrected chi connectivity index (χ2v) is 5.63. The highest BCUT2D eigenvalue weighted by Crippen LogP contribution is 2.01. The van der Waals surface area contributed by atoms with Crippen molar-refractivity contribution in [2.75, 3.05) is 13.1 Å². The van der Waals surface area contributed by atoms with Crippen molar-refractivity contribution in [3.63, 3.8) is 0 Å². The smallest absolute Gasteiger partial charge is 0.303 e. The van der Waals surface area contributed by atoms with Gasteiger partial charge in [0.1, 0.15) is 0 Å². The normalized spacial score (nSPS) is 10.2. The molecule has 0 atom stereocenters. The van der Waals surface area contributed by atoms with Crippen LogP contribution in [0, 0.1) is 0 Å². The van der Waals surface area contributed by atoms with E-state index in [4.69, 9.17) is 5.11 Å². The highest BCUT2D eigenvalue weighted by atomic mass is 16.4. The summed E-state index contributed by atoms with van der Waals surface area (Å²) in [6.07, 6.45) is 4.37. The Hall–Kier alpha value is -2.37. The third-order valence-corrected chi connectivity index (χ3v) is 3.54. The molecule has 0 fully saturated rings. The van der Waals surface area contributed by atoms with Gasteiger partial charge in [0, 0.05) is 31.5 Å². The Balaban J connectivity index is 1.95. The molecule has 6 nitrogen and oxygen atoms in total. The highest BCUT2D eigenvalue weighted by Gasteiger charge is 2.04. The molecule has 0 spiro atoms. The molecule has 6 heteroatoms. The number of rotatable bonds is 12. The molecule has 0 aromatic heterocycles. The number of carbonyl (C=O) groups is 3. The van der Waals surface area contributed by atoms with Crippen LogP contribution in [-0.4, -0.2) is 36.0 Å². The minimum Gasteiger partial charge on any atom is -0.481 e. The van der Waals surface area contributed by atoms with Crippen molar-refractivity contribution >= 4 is 17.8 Å². The van der Waals surface area contributed by atoms with Crippen LogP contribution in [0.4, 0.5) is 0 Å². The molecule has 3 N–H and O–H groups in total. The minimum absolute atomic E-state index is 0.00125. The van der Waals surface area contributed by atoms with Crippen LogP contribution in [0.25, 0.3) is 0 Å². The van der Waals surface area contributed by atoms with Crippen LogP contribution in [0.1, 0.15) is 55.3 Å². The third-order valence-electron chi connectivity index (χ3n) is 3.54. The first-order chi connectivity index (χ1) is 11.6. The fourth-order valence-corrected chi connectivity index (χ4v) is 2.20. The summed E-state index contributed by atoms with van der Waals surface area (Å²) in [4.78, 5) is 33.7. The lowest BCUT2D eigenvalue weighted by molar-refractivity contribution is -0.137. The summed E-state index contributed by atoms with van der Waals surface area (Å²) in [5, 5.41) is 14.1. The average molecular weight is 334 g/mol. The number of carboxylic acid groups (broad SMARTS) is 1. The van der Waals surface area contributed by atoms with E-state index >= 15 is 0 Å². The number of amides is 2. The van der Waals surface area contributed by atoms with Crippen LogP contribution in [0.2, 0.25) is 0 Å². The van der Waals surface area contributed by atoms with Crippen molar-refractivity contribution in [1.29, 1.82) is 0 Å². The maximum absolute atomic E-state index is 11.8. The van der Waals surface area contributed by atoms with Crippen molar-refractivity contribution in [2.45, 2.75) is 44.9 Å².